The molecule has 0 aliphatic carbocycles. The minimum atomic E-state index is -1.52. The van der Waals surface area contributed by atoms with Gasteiger partial charge in [0.05, 0.1) is 12.9 Å². The normalized spacial score (nSPS) is 13.7. The lowest BCUT2D eigenvalue weighted by atomic mass is 10.0. The summed E-state index contributed by atoms with van der Waals surface area (Å²) in [6, 6.07) is 0. The number of carbonyl (C=O) groups excluding carboxylic acids is 3. The molecule has 0 rings (SSSR count). The average molecular weight is 328 g/mol. The summed E-state index contributed by atoms with van der Waals surface area (Å²) < 4.78 is 0. The van der Waals surface area contributed by atoms with Gasteiger partial charge in [0.2, 0.25) is 5.91 Å². The van der Waals surface area contributed by atoms with Gasteiger partial charge in [0.25, 0.3) is 5.91 Å². The van der Waals surface area contributed by atoms with E-state index < -0.39 is 11.5 Å². The number of rotatable bonds is 11. The highest BCUT2D eigenvalue weighted by Gasteiger charge is 2.29. The van der Waals surface area contributed by atoms with Crippen molar-refractivity contribution in [1.29, 1.82) is 0 Å². The maximum Gasteiger partial charge on any atom is 0.251 e. The maximum atomic E-state index is 11.9. The summed E-state index contributed by atoms with van der Waals surface area (Å²) in [7, 11) is 0. The van der Waals surface area contributed by atoms with Crippen LogP contribution in [0.5, 0.6) is 0 Å². The molecule has 0 radical (unpaired) electrons. The molecule has 2 amide bonds. The molecular weight excluding hydrogens is 300 g/mol. The zero-order chi connectivity index (χ0) is 17.9. The van der Waals surface area contributed by atoms with Crippen LogP contribution < -0.4 is 16.0 Å². The van der Waals surface area contributed by atoms with Crippen molar-refractivity contribution in [2.24, 2.45) is 10.9 Å². The van der Waals surface area contributed by atoms with E-state index >= 15 is 0 Å². The number of aliphatic imine (C=N–C) groups is 1. The first-order valence-electron chi connectivity index (χ1n) is 7.66. The number of hydrogen-bond acceptors (Lipinski definition) is 5. The van der Waals surface area contributed by atoms with Crippen molar-refractivity contribution in [3.63, 3.8) is 0 Å². The number of carbonyl (C=O) groups is 3. The highest BCUT2D eigenvalue weighted by Crippen LogP contribution is 2.07. The van der Waals surface area contributed by atoms with Crippen LogP contribution in [0.1, 0.15) is 34.1 Å². The van der Waals surface area contributed by atoms with E-state index in [0.717, 1.165) is 0 Å². The number of Topliss-reactive ketones (excluding diaryl/α,β-unsaturated/α-hetero) is 1. The van der Waals surface area contributed by atoms with E-state index in [-0.39, 0.29) is 37.1 Å². The van der Waals surface area contributed by atoms with Gasteiger partial charge in [-0.25, -0.2) is 0 Å². The quantitative estimate of drug-likeness (QED) is 0.225. The third kappa shape index (κ3) is 10.4. The van der Waals surface area contributed by atoms with Crippen molar-refractivity contribution in [3.8, 4) is 0 Å². The number of amides is 2. The van der Waals surface area contributed by atoms with E-state index in [1.165, 1.54) is 20.2 Å². The van der Waals surface area contributed by atoms with Gasteiger partial charge in [0, 0.05) is 32.0 Å². The van der Waals surface area contributed by atoms with Gasteiger partial charge in [0.15, 0.2) is 5.78 Å². The third-order valence-corrected chi connectivity index (χ3v) is 2.98. The summed E-state index contributed by atoms with van der Waals surface area (Å²) in [6.45, 7) is 7.43. The second-order valence-corrected chi connectivity index (χ2v) is 5.85. The van der Waals surface area contributed by atoms with E-state index in [2.05, 4.69) is 20.9 Å². The predicted molar refractivity (Wildman–Crippen MR) is 88.1 cm³/mol. The fraction of sp³-hybridized carbons (Fsp3) is 0.733. The van der Waals surface area contributed by atoms with Crippen LogP contribution in [0.15, 0.2) is 4.99 Å². The lowest BCUT2D eigenvalue weighted by Crippen LogP contribution is -2.48. The van der Waals surface area contributed by atoms with Gasteiger partial charge >= 0.3 is 0 Å². The lowest BCUT2D eigenvalue weighted by molar-refractivity contribution is -0.138. The molecule has 1 unspecified atom stereocenters. The summed E-state index contributed by atoms with van der Waals surface area (Å²) in [5.41, 5.74) is -1.52. The minimum absolute atomic E-state index is 0.0426. The molecule has 0 aromatic carbocycles. The molecule has 0 heterocycles. The van der Waals surface area contributed by atoms with Crippen LogP contribution in [0, 0.1) is 5.92 Å². The van der Waals surface area contributed by atoms with E-state index in [1.54, 1.807) is 13.8 Å². The monoisotopic (exact) mass is 328 g/mol. The molecule has 8 nitrogen and oxygen atoms in total. The van der Waals surface area contributed by atoms with Crippen LogP contribution in [0.4, 0.5) is 0 Å². The third-order valence-electron chi connectivity index (χ3n) is 2.98. The molecule has 1 atom stereocenters. The Labute approximate surface area is 137 Å². The number of aliphatic hydroxyl groups is 1. The predicted octanol–water partition coefficient (Wildman–Crippen LogP) is -0.777. The molecule has 0 saturated heterocycles. The maximum absolute atomic E-state index is 11.9. The van der Waals surface area contributed by atoms with Gasteiger partial charge in [-0.15, -0.1) is 0 Å². The smallest absolute Gasteiger partial charge is 0.251 e. The Bertz CT molecular complexity index is 433. The first-order valence-corrected chi connectivity index (χ1v) is 7.66. The van der Waals surface area contributed by atoms with Crippen molar-refractivity contribution in [1.82, 2.24) is 16.0 Å². The van der Waals surface area contributed by atoms with E-state index in [4.69, 9.17) is 0 Å². The summed E-state index contributed by atoms with van der Waals surface area (Å²) >= 11 is 0. The van der Waals surface area contributed by atoms with Crippen LogP contribution in [-0.4, -0.2) is 60.8 Å². The molecule has 0 spiro atoms. The van der Waals surface area contributed by atoms with Crippen molar-refractivity contribution in [2.45, 2.75) is 39.7 Å². The Morgan fingerprint density at radius 3 is 2.35 bits per heavy atom. The summed E-state index contributed by atoms with van der Waals surface area (Å²) in [5, 5.41) is 18.1. The molecule has 0 aromatic rings. The number of nitrogens with zero attached hydrogens (tertiary/aromatic N) is 1. The molecule has 0 aliphatic rings. The topological polar surface area (TPSA) is 120 Å². The molecule has 0 saturated carbocycles. The Morgan fingerprint density at radius 1 is 1.17 bits per heavy atom. The van der Waals surface area contributed by atoms with Crippen LogP contribution in [0.25, 0.3) is 0 Å². The fourth-order valence-corrected chi connectivity index (χ4v) is 1.49. The number of nitrogens with one attached hydrogen (secondary N) is 3. The molecule has 4 N–H and O–H groups in total. The van der Waals surface area contributed by atoms with Gasteiger partial charge in [-0.05, 0) is 13.8 Å². The Balaban J connectivity index is 3.94. The Hall–Kier alpha value is -1.96. The lowest BCUT2D eigenvalue weighted by Gasteiger charge is -2.22. The van der Waals surface area contributed by atoms with Gasteiger partial charge in [-0.3, -0.25) is 19.4 Å². The van der Waals surface area contributed by atoms with E-state index in [9.17, 15) is 19.5 Å². The van der Waals surface area contributed by atoms with Crippen molar-refractivity contribution in [3.05, 3.63) is 0 Å². The molecule has 0 aromatic heterocycles. The van der Waals surface area contributed by atoms with Crippen LogP contribution in [-0.2, 0) is 14.4 Å². The van der Waals surface area contributed by atoms with Gasteiger partial charge in [-0.1, -0.05) is 13.8 Å². The van der Waals surface area contributed by atoms with Gasteiger partial charge in [-0.2, -0.15) is 0 Å². The molecule has 132 valence electrons. The minimum Gasteiger partial charge on any atom is -0.380 e. The molecule has 0 fully saturated rings. The summed E-state index contributed by atoms with van der Waals surface area (Å²) in [5.74, 6) is -0.734. The second kappa shape index (κ2) is 10.7. The molecular formula is C15H28N4O4. The molecule has 23 heavy (non-hydrogen) atoms. The molecule has 0 bridgehead atoms. The first-order chi connectivity index (χ1) is 10.7. The average Bonchev–Trinajstić information content (AvgIpc) is 2.46. The van der Waals surface area contributed by atoms with E-state index in [0.29, 0.717) is 13.1 Å². The van der Waals surface area contributed by atoms with Gasteiger partial charge < -0.3 is 21.1 Å². The first kappa shape index (κ1) is 21.0. The van der Waals surface area contributed by atoms with Crippen molar-refractivity contribution in [2.75, 3.05) is 26.2 Å². The van der Waals surface area contributed by atoms with Gasteiger partial charge in [0.1, 0.15) is 5.60 Å². The Kier molecular flexibility index (Phi) is 9.80. The summed E-state index contributed by atoms with van der Waals surface area (Å²) in [4.78, 5) is 37.7. The Morgan fingerprint density at radius 2 is 1.78 bits per heavy atom. The van der Waals surface area contributed by atoms with Crippen molar-refractivity contribution >= 4 is 23.9 Å². The molecule has 0 aliphatic heterocycles. The van der Waals surface area contributed by atoms with Crippen LogP contribution >= 0.6 is 0 Å². The highest BCUT2D eigenvalue weighted by atomic mass is 16.3. The number of ketones is 1. The zero-order valence-electron chi connectivity index (χ0n) is 14.3. The second-order valence-electron chi connectivity index (χ2n) is 5.85. The number of hydrogen-bond donors (Lipinski definition) is 4. The highest BCUT2D eigenvalue weighted by molar-refractivity contribution is 5.84. The van der Waals surface area contributed by atoms with Crippen molar-refractivity contribution < 1.29 is 19.5 Å². The van der Waals surface area contributed by atoms with E-state index in [1.807, 2.05) is 0 Å². The largest absolute Gasteiger partial charge is 0.380 e. The standard InChI is InChI=1S/C15H28N4O4/c1-11(2)13(21)18-7-8-19-14(22)15(4,23)5-6-16-10-17-9-12(3)20/h10-11,23H,5-9H2,1-4H3,(H,16,17)(H,18,21)(H,19,22). The zero-order valence-corrected chi connectivity index (χ0v) is 14.3. The summed E-state index contributed by atoms with van der Waals surface area (Å²) in [6.07, 6.45) is 1.57. The van der Waals surface area contributed by atoms with Crippen LogP contribution in [0.2, 0.25) is 0 Å². The SMILES string of the molecule is CC(=O)CN=CNCCC(C)(O)C(=O)NCCNC(=O)C(C)C. The van der Waals surface area contributed by atoms with Crippen LogP contribution in [0.3, 0.4) is 0 Å². The fourth-order valence-electron chi connectivity index (χ4n) is 1.49. The molecule has 8 heteroatoms.